The zero-order valence-electron chi connectivity index (χ0n) is 25.9. The zero-order chi connectivity index (χ0) is 29.8. The highest BCUT2D eigenvalue weighted by Gasteiger charge is 1.98. The minimum Gasteiger partial charge on any atom is -0.385 e. The van der Waals surface area contributed by atoms with E-state index in [2.05, 4.69) is 131 Å². The van der Waals surface area contributed by atoms with Crippen molar-refractivity contribution in [1.82, 2.24) is 0 Å². The second kappa shape index (κ2) is 25.6. The maximum absolute atomic E-state index is 4.54. The minimum atomic E-state index is 0.819. The van der Waals surface area contributed by atoms with Crippen LogP contribution in [0.15, 0.2) is 109 Å². The molecule has 0 radical (unpaired) electrons. The normalized spacial score (nSPS) is 9.70. The van der Waals surface area contributed by atoms with Crippen molar-refractivity contribution in [2.75, 3.05) is 27.4 Å². The molecular weight excluding hydrogens is 488 g/mol. The highest BCUT2D eigenvalue weighted by atomic mass is 16.5. The average Bonchev–Trinajstić information content (AvgIpc) is 3.06. The van der Waals surface area contributed by atoms with Gasteiger partial charge in [0.05, 0.1) is 0 Å². The molecule has 4 aromatic carbocycles. The molecule has 2 nitrogen and oxygen atoms in total. The lowest BCUT2D eigenvalue weighted by Crippen LogP contribution is -1.80. The molecule has 0 N–H and O–H groups in total. The largest absolute Gasteiger partial charge is 0.385 e. The molecule has 0 atom stereocenters. The quantitative estimate of drug-likeness (QED) is 0.218. The van der Waals surface area contributed by atoms with E-state index < -0.39 is 0 Å². The molecule has 0 spiro atoms. The van der Waals surface area contributed by atoms with Gasteiger partial charge in [-0.3, -0.25) is 0 Å². The van der Waals surface area contributed by atoms with Crippen molar-refractivity contribution < 1.29 is 9.47 Å². The van der Waals surface area contributed by atoms with Crippen LogP contribution in [0.5, 0.6) is 0 Å². The molecule has 0 saturated heterocycles. The molecule has 0 bridgehead atoms. The molecule has 214 valence electrons. The molecule has 0 heterocycles. The Hall–Kier alpha value is -3.72. The maximum Gasteiger partial charge on any atom is 0.0433 e. The number of rotatable bonds is 7. The van der Waals surface area contributed by atoms with Gasteiger partial charge in [-0.25, -0.2) is 0 Å². The first-order valence-electron chi connectivity index (χ1n) is 14.3. The molecule has 4 aromatic rings. The molecule has 0 aliphatic rings. The lowest BCUT2D eigenvalue weighted by atomic mass is 10.0. The summed E-state index contributed by atoms with van der Waals surface area (Å²) >= 11 is 0. The Morgan fingerprint density at radius 2 is 0.625 bits per heavy atom. The van der Waals surface area contributed by atoms with Crippen LogP contribution < -0.4 is 0 Å². The predicted molar refractivity (Wildman–Crippen MR) is 180 cm³/mol. The van der Waals surface area contributed by atoms with Gasteiger partial charge in [0.15, 0.2) is 0 Å². The Kier molecular flexibility index (Phi) is 23.2. The topological polar surface area (TPSA) is 18.5 Å². The summed E-state index contributed by atoms with van der Waals surface area (Å²) in [4.78, 5) is 0. The summed E-state index contributed by atoms with van der Waals surface area (Å²) in [6, 6.07) is 38.1. The van der Waals surface area contributed by atoms with Gasteiger partial charge in [-0.1, -0.05) is 161 Å². The van der Waals surface area contributed by atoms with Crippen LogP contribution in [0.4, 0.5) is 0 Å². The van der Waals surface area contributed by atoms with E-state index in [1.165, 1.54) is 33.4 Å². The van der Waals surface area contributed by atoms with Gasteiger partial charge in [-0.2, -0.15) is 0 Å². The first-order valence-corrected chi connectivity index (χ1v) is 14.3. The smallest absolute Gasteiger partial charge is 0.0433 e. The summed E-state index contributed by atoms with van der Waals surface area (Å²) < 4.78 is 9.08. The van der Waals surface area contributed by atoms with Crippen molar-refractivity contribution in [2.45, 2.75) is 41.5 Å². The van der Waals surface area contributed by atoms with Gasteiger partial charge in [0.25, 0.3) is 0 Å². The molecule has 40 heavy (non-hydrogen) atoms. The van der Waals surface area contributed by atoms with Crippen LogP contribution in [-0.4, -0.2) is 27.4 Å². The summed E-state index contributed by atoms with van der Waals surface area (Å²) in [5, 5.41) is 0. The van der Waals surface area contributed by atoms with Gasteiger partial charge in [0.1, 0.15) is 0 Å². The molecule has 4 rings (SSSR count). The van der Waals surface area contributed by atoms with E-state index in [1.807, 2.05) is 53.7 Å². The minimum absolute atomic E-state index is 0.819. The lowest BCUT2D eigenvalue weighted by molar-refractivity contribution is 0.215. The predicted octanol–water partition coefficient (Wildman–Crippen LogP) is 11.1. The van der Waals surface area contributed by atoms with Crippen molar-refractivity contribution in [3.05, 3.63) is 131 Å². The van der Waals surface area contributed by atoms with E-state index in [9.17, 15) is 0 Å². The molecule has 0 saturated carbocycles. The highest BCUT2D eigenvalue weighted by Crippen LogP contribution is 2.22. The summed E-state index contributed by atoms with van der Waals surface area (Å²) in [7, 11) is 3.36. The Bertz CT molecular complexity index is 1030. The Labute approximate surface area is 245 Å². The van der Waals surface area contributed by atoms with Crippen LogP contribution in [0.2, 0.25) is 0 Å². The van der Waals surface area contributed by atoms with Crippen molar-refractivity contribution in [2.24, 2.45) is 0 Å². The van der Waals surface area contributed by atoms with Gasteiger partial charge in [0, 0.05) is 27.4 Å². The standard InChI is InChI=1S/C28H22.2C3H8O.2C2H6/c1-3-7-23(8-4-1)11-13-25-15-19-27(20-16-25)28-21-17-26(18-22-28)14-12-24-9-5-2-6-10-24;2*1-3-4-2;2*1-2/h1-22H;2*3H2,1-2H3;2*1-2H3. The van der Waals surface area contributed by atoms with Crippen LogP contribution in [0, 0.1) is 0 Å². The maximum atomic E-state index is 4.54. The van der Waals surface area contributed by atoms with Crippen molar-refractivity contribution >= 4 is 24.3 Å². The molecule has 0 amide bonds. The number of ether oxygens (including phenoxy) is 2. The summed E-state index contributed by atoms with van der Waals surface area (Å²) in [5.41, 5.74) is 7.30. The third-order valence-corrected chi connectivity index (χ3v) is 5.27. The Morgan fingerprint density at radius 3 is 0.850 bits per heavy atom. The van der Waals surface area contributed by atoms with Crippen molar-refractivity contribution in [3.63, 3.8) is 0 Å². The first-order chi connectivity index (χ1) is 19.7. The molecule has 0 aliphatic carbocycles. The van der Waals surface area contributed by atoms with E-state index in [0.29, 0.717) is 0 Å². The van der Waals surface area contributed by atoms with Crippen LogP contribution in [0.1, 0.15) is 63.8 Å². The van der Waals surface area contributed by atoms with Crippen LogP contribution in [-0.2, 0) is 9.47 Å². The number of benzene rings is 4. The van der Waals surface area contributed by atoms with Gasteiger partial charge in [-0.05, 0) is 47.2 Å². The van der Waals surface area contributed by atoms with E-state index in [0.717, 1.165) is 13.2 Å². The Morgan fingerprint density at radius 1 is 0.400 bits per heavy atom. The average molecular weight is 539 g/mol. The second-order valence-electron chi connectivity index (χ2n) is 7.89. The summed E-state index contributed by atoms with van der Waals surface area (Å²) in [6.45, 7) is 13.6. The van der Waals surface area contributed by atoms with Crippen LogP contribution >= 0.6 is 0 Å². The summed E-state index contributed by atoms with van der Waals surface area (Å²) in [6.07, 6.45) is 8.58. The Balaban J connectivity index is 0.00000109. The second-order valence-corrected chi connectivity index (χ2v) is 7.89. The third-order valence-electron chi connectivity index (χ3n) is 5.27. The summed E-state index contributed by atoms with van der Waals surface area (Å²) in [5.74, 6) is 0. The monoisotopic (exact) mass is 538 g/mol. The van der Waals surface area contributed by atoms with E-state index in [1.54, 1.807) is 14.2 Å². The number of methoxy groups -OCH3 is 2. The van der Waals surface area contributed by atoms with Crippen molar-refractivity contribution in [1.29, 1.82) is 0 Å². The number of hydrogen-bond acceptors (Lipinski definition) is 2. The molecule has 0 aliphatic heterocycles. The lowest BCUT2D eigenvalue weighted by Gasteiger charge is -2.03. The van der Waals surface area contributed by atoms with Crippen LogP contribution in [0.3, 0.4) is 0 Å². The van der Waals surface area contributed by atoms with Crippen LogP contribution in [0.25, 0.3) is 35.4 Å². The zero-order valence-corrected chi connectivity index (χ0v) is 25.9. The first kappa shape index (κ1) is 36.3. The molecule has 0 unspecified atom stereocenters. The van der Waals surface area contributed by atoms with Gasteiger partial charge in [0.2, 0.25) is 0 Å². The number of hydrogen-bond donors (Lipinski definition) is 0. The fraction of sp³-hybridized carbons (Fsp3) is 0.263. The van der Waals surface area contributed by atoms with E-state index >= 15 is 0 Å². The van der Waals surface area contributed by atoms with Crippen molar-refractivity contribution in [3.8, 4) is 11.1 Å². The fourth-order valence-corrected chi connectivity index (χ4v) is 3.09. The molecular formula is C38H50O2. The SMILES string of the molecule is C(=Cc1ccc(-c2ccc(C=Cc3ccccc3)cc2)cc1)c1ccccc1.CC.CC.CCOC.CCOC. The molecule has 2 heteroatoms. The van der Waals surface area contributed by atoms with E-state index in [-0.39, 0.29) is 0 Å². The van der Waals surface area contributed by atoms with E-state index in [4.69, 9.17) is 0 Å². The molecule has 0 aromatic heterocycles. The van der Waals surface area contributed by atoms with Gasteiger partial charge < -0.3 is 9.47 Å². The van der Waals surface area contributed by atoms with Gasteiger partial charge >= 0.3 is 0 Å². The highest BCUT2D eigenvalue weighted by molar-refractivity contribution is 5.74. The fourth-order valence-electron chi connectivity index (χ4n) is 3.09. The third kappa shape index (κ3) is 16.3. The van der Waals surface area contributed by atoms with Gasteiger partial charge in [-0.15, -0.1) is 0 Å². The molecule has 0 fully saturated rings.